The summed E-state index contributed by atoms with van der Waals surface area (Å²) in [5.41, 5.74) is -0.458. The second-order valence-corrected chi connectivity index (χ2v) is 7.06. The largest absolute Gasteiger partial charge is 0.416 e. The number of nitrogens with zero attached hydrogens (tertiary/aromatic N) is 2. The first-order valence-corrected chi connectivity index (χ1v) is 9.44. The highest BCUT2D eigenvalue weighted by Crippen LogP contribution is 2.29. The van der Waals surface area contributed by atoms with Crippen LogP contribution in [-0.4, -0.2) is 61.1 Å². The van der Waals surface area contributed by atoms with Crippen molar-refractivity contribution >= 4 is 17.6 Å². The second-order valence-electron chi connectivity index (χ2n) is 7.06. The highest BCUT2D eigenvalue weighted by molar-refractivity contribution is 5.89. The highest BCUT2D eigenvalue weighted by atomic mass is 19.4. The van der Waals surface area contributed by atoms with Crippen molar-refractivity contribution in [3.05, 3.63) is 29.8 Å². The van der Waals surface area contributed by atoms with Crippen LogP contribution in [0.5, 0.6) is 0 Å². The van der Waals surface area contributed by atoms with Crippen LogP contribution >= 0.6 is 0 Å². The minimum Gasteiger partial charge on any atom is -0.381 e. The van der Waals surface area contributed by atoms with Crippen LogP contribution in [0.25, 0.3) is 0 Å². The van der Waals surface area contributed by atoms with Crippen LogP contribution in [0.4, 0.5) is 23.7 Å². The molecule has 9 heteroatoms. The molecule has 1 aromatic carbocycles. The Kier molecular flexibility index (Phi) is 6.43. The molecule has 0 radical (unpaired) electrons. The standard InChI is InChI=1S/C19H24F3N3O3/c20-19(21,22)15-2-4-16(5-3-15)23-18(27)25-9-1-8-24(10-11-25)17(26)14-6-12-28-13-7-14/h2-5,14H,1,6-13H2,(H,23,27). The summed E-state index contributed by atoms with van der Waals surface area (Å²) in [5.74, 6) is 0.106. The van der Waals surface area contributed by atoms with E-state index in [9.17, 15) is 22.8 Å². The fourth-order valence-electron chi connectivity index (χ4n) is 3.49. The zero-order valence-corrected chi connectivity index (χ0v) is 15.5. The van der Waals surface area contributed by atoms with Gasteiger partial charge in [0.1, 0.15) is 0 Å². The van der Waals surface area contributed by atoms with E-state index >= 15 is 0 Å². The van der Waals surface area contributed by atoms with Crippen molar-refractivity contribution in [3.8, 4) is 0 Å². The molecule has 28 heavy (non-hydrogen) atoms. The molecule has 1 aromatic rings. The molecule has 154 valence electrons. The predicted molar refractivity (Wildman–Crippen MR) is 96.8 cm³/mol. The number of nitrogens with one attached hydrogen (secondary N) is 1. The van der Waals surface area contributed by atoms with Gasteiger partial charge in [-0.1, -0.05) is 0 Å². The maximum Gasteiger partial charge on any atom is 0.416 e. The number of alkyl halides is 3. The summed E-state index contributed by atoms with van der Waals surface area (Å²) in [6.45, 7) is 3.14. The molecule has 0 spiro atoms. The topological polar surface area (TPSA) is 61.9 Å². The number of benzene rings is 1. The number of urea groups is 1. The molecule has 3 amide bonds. The number of hydrogen-bond donors (Lipinski definition) is 1. The van der Waals surface area contributed by atoms with E-state index in [4.69, 9.17) is 4.74 Å². The van der Waals surface area contributed by atoms with Gasteiger partial charge in [0.15, 0.2) is 0 Å². The number of carbonyl (C=O) groups excluding carboxylic acids is 2. The fraction of sp³-hybridized carbons (Fsp3) is 0.579. The predicted octanol–water partition coefficient (Wildman–Crippen LogP) is 3.20. The maximum absolute atomic E-state index is 12.6. The van der Waals surface area contributed by atoms with Gasteiger partial charge < -0.3 is 19.9 Å². The summed E-state index contributed by atoms with van der Waals surface area (Å²) in [6, 6.07) is 3.97. The molecule has 2 heterocycles. The maximum atomic E-state index is 12.6. The van der Waals surface area contributed by atoms with Gasteiger partial charge in [0.05, 0.1) is 5.56 Å². The Morgan fingerprint density at radius 3 is 2.21 bits per heavy atom. The number of hydrogen-bond acceptors (Lipinski definition) is 3. The molecule has 0 bridgehead atoms. The molecule has 6 nitrogen and oxygen atoms in total. The SMILES string of the molecule is O=C(Nc1ccc(C(F)(F)F)cc1)N1CCCN(C(=O)C2CCOCC2)CC1. The molecule has 0 aromatic heterocycles. The Labute approximate surface area is 161 Å². The Morgan fingerprint density at radius 1 is 0.964 bits per heavy atom. The van der Waals surface area contributed by atoms with Crippen molar-refractivity contribution < 1.29 is 27.5 Å². The first kappa shape index (κ1) is 20.4. The number of rotatable bonds is 2. The van der Waals surface area contributed by atoms with Crippen LogP contribution < -0.4 is 5.32 Å². The number of anilines is 1. The first-order chi connectivity index (χ1) is 13.3. The lowest BCUT2D eigenvalue weighted by molar-refractivity contribution is -0.138. The Balaban J connectivity index is 1.53. The van der Waals surface area contributed by atoms with Crippen LogP contribution in [-0.2, 0) is 15.7 Å². The zero-order valence-electron chi connectivity index (χ0n) is 15.5. The lowest BCUT2D eigenvalue weighted by Crippen LogP contribution is -2.42. The smallest absolute Gasteiger partial charge is 0.381 e. The zero-order chi connectivity index (χ0) is 20.1. The molecular formula is C19H24F3N3O3. The van der Waals surface area contributed by atoms with E-state index in [1.54, 1.807) is 9.80 Å². The minimum absolute atomic E-state index is 0.0127. The first-order valence-electron chi connectivity index (χ1n) is 9.44. The van der Waals surface area contributed by atoms with Gasteiger partial charge in [0.25, 0.3) is 0 Å². The molecule has 0 saturated carbocycles. The van der Waals surface area contributed by atoms with E-state index in [2.05, 4.69) is 5.32 Å². The molecule has 3 rings (SSSR count). The molecule has 0 aliphatic carbocycles. The third-order valence-corrected chi connectivity index (χ3v) is 5.13. The van der Waals surface area contributed by atoms with Crippen LogP contribution in [0.1, 0.15) is 24.8 Å². The van der Waals surface area contributed by atoms with Crippen molar-refractivity contribution in [1.82, 2.24) is 9.80 Å². The van der Waals surface area contributed by atoms with Gasteiger partial charge in [0, 0.05) is 51.0 Å². The number of amides is 3. The highest BCUT2D eigenvalue weighted by Gasteiger charge is 2.30. The van der Waals surface area contributed by atoms with Crippen molar-refractivity contribution in [1.29, 1.82) is 0 Å². The van der Waals surface area contributed by atoms with Gasteiger partial charge in [-0.2, -0.15) is 13.2 Å². The minimum atomic E-state index is -4.41. The van der Waals surface area contributed by atoms with Gasteiger partial charge in [-0.05, 0) is 43.5 Å². The molecule has 1 N–H and O–H groups in total. The Morgan fingerprint density at radius 2 is 1.57 bits per heavy atom. The van der Waals surface area contributed by atoms with Crippen LogP contribution in [0, 0.1) is 5.92 Å². The van der Waals surface area contributed by atoms with Gasteiger partial charge >= 0.3 is 12.2 Å². The van der Waals surface area contributed by atoms with Crippen LogP contribution in [0.15, 0.2) is 24.3 Å². The van der Waals surface area contributed by atoms with E-state index in [-0.39, 0.29) is 17.9 Å². The number of carbonyl (C=O) groups is 2. The summed E-state index contributed by atoms with van der Waals surface area (Å²) < 4.78 is 43.2. The summed E-state index contributed by atoms with van der Waals surface area (Å²) in [5, 5.41) is 2.63. The lowest BCUT2D eigenvalue weighted by atomic mass is 9.98. The third kappa shape index (κ3) is 5.15. The summed E-state index contributed by atoms with van der Waals surface area (Å²) in [4.78, 5) is 28.5. The van der Waals surface area contributed by atoms with Gasteiger partial charge in [-0.3, -0.25) is 4.79 Å². The summed E-state index contributed by atoms with van der Waals surface area (Å²) >= 11 is 0. The number of halogens is 3. The van der Waals surface area contributed by atoms with E-state index < -0.39 is 11.7 Å². The summed E-state index contributed by atoms with van der Waals surface area (Å²) in [7, 11) is 0. The average Bonchev–Trinajstić information content (AvgIpc) is 2.94. The normalized spacial score (nSPS) is 19.2. The molecule has 0 unspecified atom stereocenters. The van der Waals surface area contributed by atoms with Crippen molar-refractivity contribution in [2.45, 2.75) is 25.4 Å². The van der Waals surface area contributed by atoms with Crippen molar-refractivity contribution in [2.75, 3.05) is 44.7 Å². The summed E-state index contributed by atoms with van der Waals surface area (Å²) in [6.07, 6.45) is -2.29. The Hall–Kier alpha value is -2.29. The quantitative estimate of drug-likeness (QED) is 0.831. The average molecular weight is 399 g/mol. The molecule has 0 atom stereocenters. The molecule has 2 aliphatic heterocycles. The van der Waals surface area contributed by atoms with Crippen molar-refractivity contribution in [2.24, 2.45) is 5.92 Å². The van der Waals surface area contributed by atoms with E-state index in [1.807, 2.05) is 0 Å². The van der Waals surface area contributed by atoms with Gasteiger partial charge in [-0.15, -0.1) is 0 Å². The van der Waals surface area contributed by atoms with Crippen LogP contribution in [0.2, 0.25) is 0 Å². The van der Waals surface area contributed by atoms with Crippen molar-refractivity contribution in [3.63, 3.8) is 0 Å². The number of ether oxygens (including phenoxy) is 1. The molecule has 2 saturated heterocycles. The molecular weight excluding hydrogens is 375 g/mol. The molecule has 2 aliphatic rings. The van der Waals surface area contributed by atoms with E-state index in [0.29, 0.717) is 51.5 Å². The third-order valence-electron chi connectivity index (χ3n) is 5.13. The fourth-order valence-corrected chi connectivity index (χ4v) is 3.49. The Bertz CT molecular complexity index is 688. The monoisotopic (exact) mass is 399 g/mol. The van der Waals surface area contributed by atoms with E-state index in [0.717, 1.165) is 25.0 Å². The lowest BCUT2D eigenvalue weighted by Gasteiger charge is -2.28. The second kappa shape index (κ2) is 8.81. The molecule has 2 fully saturated rings. The van der Waals surface area contributed by atoms with Gasteiger partial charge in [0.2, 0.25) is 5.91 Å². The van der Waals surface area contributed by atoms with E-state index in [1.165, 1.54) is 12.1 Å². The van der Waals surface area contributed by atoms with Crippen LogP contribution in [0.3, 0.4) is 0 Å². The van der Waals surface area contributed by atoms with Gasteiger partial charge in [-0.25, -0.2) is 4.79 Å².